The number of hydrogen-bond donors (Lipinski definition) is 2. The molecular weight excluding hydrogens is 258 g/mol. The Labute approximate surface area is 118 Å². The Morgan fingerprint density at radius 3 is 2.40 bits per heavy atom. The average molecular weight is 277 g/mol. The number of benzene rings is 1. The van der Waals surface area contributed by atoms with E-state index in [-0.39, 0.29) is 5.92 Å². The van der Waals surface area contributed by atoms with Crippen LogP contribution in [-0.2, 0) is 4.79 Å². The van der Waals surface area contributed by atoms with Crippen LogP contribution < -0.4 is 10.1 Å². The fraction of sp³-hybridized carbons (Fsp3) is 0.333. The summed E-state index contributed by atoms with van der Waals surface area (Å²) in [6.45, 7) is 7.41. The van der Waals surface area contributed by atoms with Crippen molar-refractivity contribution in [3.63, 3.8) is 0 Å². The number of nitrogens with one attached hydrogen (secondary N) is 1. The normalized spacial score (nSPS) is 11.8. The summed E-state index contributed by atoms with van der Waals surface area (Å²) in [5, 5.41) is 11.5. The van der Waals surface area contributed by atoms with Gasteiger partial charge in [-0.3, -0.25) is 4.79 Å². The molecule has 108 valence electrons. The summed E-state index contributed by atoms with van der Waals surface area (Å²) in [5.74, 6) is -1.02. The number of rotatable bonds is 7. The monoisotopic (exact) mass is 277 g/mol. The summed E-state index contributed by atoms with van der Waals surface area (Å²) >= 11 is 0. The minimum Gasteiger partial charge on any atom is -0.490 e. The quantitative estimate of drug-likeness (QED) is 0.748. The highest BCUT2D eigenvalue weighted by atomic mass is 16.5. The summed E-state index contributed by atoms with van der Waals surface area (Å²) in [7, 11) is 0. The maximum absolute atomic E-state index is 12.0. The van der Waals surface area contributed by atoms with Crippen LogP contribution >= 0.6 is 0 Å². The number of ether oxygens (including phenoxy) is 1. The Morgan fingerprint density at radius 1 is 1.35 bits per heavy atom. The van der Waals surface area contributed by atoms with E-state index in [1.54, 1.807) is 44.2 Å². The van der Waals surface area contributed by atoms with Gasteiger partial charge in [0.05, 0.1) is 0 Å². The van der Waals surface area contributed by atoms with Crippen LogP contribution in [0.1, 0.15) is 24.2 Å². The molecule has 0 saturated carbocycles. The second-order valence-corrected chi connectivity index (χ2v) is 4.66. The summed E-state index contributed by atoms with van der Waals surface area (Å²) in [6, 6.07) is 5.59. The Bertz CT molecular complexity index is 479. The Morgan fingerprint density at radius 2 is 1.95 bits per heavy atom. The highest BCUT2D eigenvalue weighted by Crippen LogP contribution is 2.13. The van der Waals surface area contributed by atoms with Gasteiger partial charge in [-0.15, -0.1) is 0 Å². The zero-order valence-corrected chi connectivity index (χ0v) is 11.6. The number of amides is 1. The van der Waals surface area contributed by atoms with E-state index in [9.17, 15) is 9.59 Å². The van der Waals surface area contributed by atoms with Gasteiger partial charge in [-0.2, -0.15) is 0 Å². The van der Waals surface area contributed by atoms with Crippen LogP contribution in [0.15, 0.2) is 36.9 Å². The molecule has 5 heteroatoms. The van der Waals surface area contributed by atoms with Crippen LogP contribution in [0.2, 0.25) is 0 Å². The predicted octanol–water partition coefficient (Wildman–Crippen LogP) is 2.09. The van der Waals surface area contributed by atoms with Crippen molar-refractivity contribution in [1.29, 1.82) is 0 Å². The molecule has 0 aliphatic heterocycles. The SMILES string of the molecule is C=CCOc1ccc(C(=O)N[C@@H](C(=O)O)C(C)C)cc1. The Kier molecular flexibility index (Phi) is 5.77. The van der Waals surface area contributed by atoms with Crippen molar-refractivity contribution in [2.75, 3.05) is 6.61 Å². The van der Waals surface area contributed by atoms with Crippen LogP contribution in [0.3, 0.4) is 0 Å². The number of carbonyl (C=O) groups excluding carboxylic acids is 1. The van der Waals surface area contributed by atoms with Crippen LogP contribution in [0, 0.1) is 5.92 Å². The molecular formula is C15H19NO4. The van der Waals surface area contributed by atoms with E-state index in [1.165, 1.54) is 0 Å². The van der Waals surface area contributed by atoms with Crippen LogP contribution in [-0.4, -0.2) is 29.6 Å². The maximum atomic E-state index is 12.0. The predicted molar refractivity (Wildman–Crippen MR) is 75.9 cm³/mol. The Balaban J connectivity index is 2.72. The number of carboxylic acids is 1. The molecule has 0 bridgehead atoms. The maximum Gasteiger partial charge on any atom is 0.326 e. The molecule has 0 aliphatic rings. The molecule has 0 fully saturated rings. The molecule has 1 rings (SSSR count). The van der Waals surface area contributed by atoms with Crippen molar-refractivity contribution < 1.29 is 19.4 Å². The van der Waals surface area contributed by atoms with E-state index in [0.29, 0.717) is 17.9 Å². The summed E-state index contributed by atoms with van der Waals surface area (Å²) in [6.07, 6.45) is 1.63. The van der Waals surface area contributed by atoms with Crippen molar-refractivity contribution in [3.8, 4) is 5.75 Å². The zero-order chi connectivity index (χ0) is 15.1. The second-order valence-electron chi connectivity index (χ2n) is 4.66. The topological polar surface area (TPSA) is 75.6 Å². The first-order chi connectivity index (χ1) is 9.45. The van der Waals surface area contributed by atoms with Crippen LogP contribution in [0.4, 0.5) is 0 Å². The third-order valence-electron chi connectivity index (χ3n) is 2.70. The Hall–Kier alpha value is -2.30. The molecule has 20 heavy (non-hydrogen) atoms. The van der Waals surface area contributed by atoms with Crippen LogP contribution in [0.25, 0.3) is 0 Å². The lowest BCUT2D eigenvalue weighted by Crippen LogP contribution is -2.44. The first-order valence-electron chi connectivity index (χ1n) is 6.33. The van der Waals surface area contributed by atoms with E-state index in [1.807, 2.05) is 0 Å². The zero-order valence-electron chi connectivity index (χ0n) is 11.6. The largest absolute Gasteiger partial charge is 0.490 e. The van der Waals surface area contributed by atoms with E-state index in [0.717, 1.165) is 0 Å². The van der Waals surface area contributed by atoms with E-state index >= 15 is 0 Å². The number of carboxylic acid groups (broad SMARTS) is 1. The van der Waals surface area contributed by atoms with Gasteiger partial charge >= 0.3 is 5.97 Å². The molecule has 0 spiro atoms. The van der Waals surface area contributed by atoms with Crippen molar-refractivity contribution in [2.45, 2.75) is 19.9 Å². The molecule has 1 amide bonds. The molecule has 2 N–H and O–H groups in total. The fourth-order valence-electron chi connectivity index (χ4n) is 1.60. The van der Waals surface area contributed by atoms with Gasteiger partial charge in [0.25, 0.3) is 5.91 Å². The molecule has 1 aromatic rings. The summed E-state index contributed by atoms with van der Waals surface area (Å²) < 4.78 is 5.30. The first-order valence-corrected chi connectivity index (χ1v) is 6.33. The molecule has 0 aromatic heterocycles. The molecule has 0 heterocycles. The lowest BCUT2D eigenvalue weighted by molar-refractivity contribution is -0.140. The van der Waals surface area contributed by atoms with Crippen molar-refractivity contribution in [1.82, 2.24) is 5.32 Å². The van der Waals surface area contributed by atoms with Gasteiger partial charge in [0, 0.05) is 5.56 Å². The van der Waals surface area contributed by atoms with Crippen LogP contribution in [0.5, 0.6) is 5.75 Å². The van der Waals surface area contributed by atoms with Gasteiger partial charge < -0.3 is 15.2 Å². The summed E-state index contributed by atoms with van der Waals surface area (Å²) in [5.41, 5.74) is 0.392. The van der Waals surface area contributed by atoms with Gasteiger partial charge in [-0.25, -0.2) is 4.79 Å². The molecule has 0 unspecified atom stereocenters. The minimum atomic E-state index is -1.04. The second kappa shape index (κ2) is 7.33. The lowest BCUT2D eigenvalue weighted by Gasteiger charge is -2.17. The third-order valence-corrected chi connectivity index (χ3v) is 2.70. The fourth-order valence-corrected chi connectivity index (χ4v) is 1.60. The third kappa shape index (κ3) is 4.42. The van der Waals surface area contributed by atoms with Gasteiger partial charge in [0.1, 0.15) is 18.4 Å². The van der Waals surface area contributed by atoms with Gasteiger partial charge in [0.15, 0.2) is 0 Å². The van der Waals surface area contributed by atoms with Crippen molar-refractivity contribution in [2.24, 2.45) is 5.92 Å². The number of hydrogen-bond acceptors (Lipinski definition) is 3. The first kappa shape index (κ1) is 15.8. The number of carbonyl (C=O) groups is 2. The van der Waals surface area contributed by atoms with Gasteiger partial charge in [-0.05, 0) is 30.2 Å². The van der Waals surface area contributed by atoms with Gasteiger partial charge in [-0.1, -0.05) is 26.5 Å². The standard InChI is InChI=1S/C15H19NO4/c1-4-9-20-12-7-5-11(6-8-12)14(17)16-13(10(2)3)15(18)19/h4-8,10,13H,1,9H2,2-3H3,(H,16,17)(H,18,19)/t13-/m1/s1. The highest BCUT2D eigenvalue weighted by molar-refractivity contribution is 5.96. The van der Waals surface area contributed by atoms with Gasteiger partial charge in [0.2, 0.25) is 0 Å². The molecule has 0 saturated heterocycles. The van der Waals surface area contributed by atoms with Crippen molar-refractivity contribution >= 4 is 11.9 Å². The number of aliphatic carboxylic acids is 1. The summed E-state index contributed by atoms with van der Waals surface area (Å²) in [4.78, 5) is 23.0. The molecule has 0 aliphatic carbocycles. The average Bonchev–Trinajstić information content (AvgIpc) is 2.42. The molecule has 1 atom stereocenters. The molecule has 0 radical (unpaired) electrons. The van der Waals surface area contributed by atoms with E-state index < -0.39 is 17.9 Å². The van der Waals surface area contributed by atoms with E-state index in [2.05, 4.69) is 11.9 Å². The minimum absolute atomic E-state index is 0.188. The lowest BCUT2D eigenvalue weighted by atomic mass is 10.0. The van der Waals surface area contributed by atoms with E-state index in [4.69, 9.17) is 9.84 Å². The highest BCUT2D eigenvalue weighted by Gasteiger charge is 2.23. The van der Waals surface area contributed by atoms with Crippen molar-refractivity contribution in [3.05, 3.63) is 42.5 Å². The molecule has 5 nitrogen and oxygen atoms in total. The smallest absolute Gasteiger partial charge is 0.326 e. The molecule has 1 aromatic carbocycles.